The number of hydrogen-bond acceptors (Lipinski definition) is 1. The Morgan fingerprint density at radius 2 is 2.19 bits per heavy atom. The normalized spacial score (nSPS) is 10.1. The molecule has 0 aliphatic heterocycles. The van der Waals surface area contributed by atoms with Gasteiger partial charge in [-0.2, -0.15) is 0 Å². The minimum atomic E-state index is -0.363. The van der Waals surface area contributed by atoms with E-state index in [2.05, 4.69) is 26.2 Å². The SMILES string of the molecule is O=C(Nc1ccc(F)c(Br)c1)c1ccc[nH]1. The molecule has 82 valence electrons. The first-order valence-corrected chi connectivity index (χ1v) is 5.36. The maximum atomic E-state index is 12.9. The van der Waals surface area contributed by atoms with E-state index < -0.39 is 0 Å². The number of carbonyl (C=O) groups excluding carboxylic acids is 1. The smallest absolute Gasteiger partial charge is 0.272 e. The highest BCUT2D eigenvalue weighted by molar-refractivity contribution is 9.10. The Hall–Kier alpha value is -1.62. The van der Waals surface area contributed by atoms with Crippen molar-refractivity contribution in [2.45, 2.75) is 0 Å². The quantitative estimate of drug-likeness (QED) is 0.873. The molecule has 0 bridgehead atoms. The average Bonchev–Trinajstić information content (AvgIpc) is 2.77. The van der Waals surface area contributed by atoms with Gasteiger partial charge in [0.1, 0.15) is 11.5 Å². The third kappa shape index (κ3) is 2.30. The maximum absolute atomic E-state index is 12.9. The third-order valence-corrected chi connectivity index (χ3v) is 2.63. The van der Waals surface area contributed by atoms with Gasteiger partial charge in [0.2, 0.25) is 0 Å². The van der Waals surface area contributed by atoms with E-state index in [4.69, 9.17) is 0 Å². The Bertz CT molecular complexity index is 511. The number of carbonyl (C=O) groups is 1. The van der Waals surface area contributed by atoms with Crippen LogP contribution in [0.25, 0.3) is 0 Å². The first kappa shape index (κ1) is 10.9. The van der Waals surface area contributed by atoms with Gasteiger partial charge in [0, 0.05) is 11.9 Å². The van der Waals surface area contributed by atoms with Crippen molar-refractivity contribution in [2.75, 3.05) is 5.32 Å². The van der Waals surface area contributed by atoms with Crippen LogP contribution in [0.15, 0.2) is 41.0 Å². The molecular weight excluding hydrogens is 275 g/mol. The molecule has 0 saturated carbocycles. The van der Waals surface area contributed by atoms with Gasteiger partial charge < -0.3 is 10.3 Å². The number of anilines is 1. The van der Waals surface area contributed by atoms with Crippen molar-refractivity contribution >= 4 is 27.5 Å². The lowest BCUT2D eigenvalue weighted by Gasteiger charge is -2.04. The Labute approximate surface area is 99.8 Å². The third-order valence-electron chi connectivity index (χ3n) is 2.02. The first-order valence-electron chi connectivity index (χ1n) is 4.56. The lowest BCUT2D eigenvalue weighted by atomic mass is 10.3. The van der Waals surface area contributed by atoms with Crippen LogP contribution in [0.4, 0.5) is 10.1 Å². The minimum absolute atomic E-state index is 0.261. The molecule has 0 radical (unpaired) electrons. The number of benzene rings is 1. The second-order valence-electron chi connectivity index (χ2n) is 3.17. The molecule has 3 nitrogen and oxygen atoms in total. The lowest BCUT2D eigenvalue weighted by molar-refractivity contribution is 0.102. The minimum Gasteiger partial charge on any atom is -0.357 e. The standard InChI is InChI=1S/C11H8BrFN2O/c12-8-6-7(3-4-9(8)13)15-11(16)10-2-1-5-14-10/h1-6,14H,(H,15,16). The first-order chi connectivity index (χ1) is 7.66. The Kier molecular flexibility index (Phi) is 3.05. The molecule has 1 aromatic heterocycles. The molecule has 2 aromatic rings. The molecule has 0 aliphatic rings. The topological polar surface area (TPSA) is 44.9 Å². The number of nitrogens with one attached hydrogen (secondary N) is 2. The molecule has 0 aliphatic carbocycles. The van der Waals surface area contributed by atoms with E-state index in [9.17, 15) is 9.18 Å². The zero-order valence-corrected chi connectivity index (χ0v) is 9.71. The fraction of sp³-hybridized carbons (Fsp3) is 0. The molecule has 0 unspecified atom stereocenters. The van der Waals surface area contributed by atoms with E-state index in [1.807, 2.05) is 0 Å². The summed E-state index contributed by atoms with van der Waals surface area (Å²) in [5, 5.41) is 2.65. The van der Waals surface area contributed by atoms with Crippen molar-refractivity contribution in [3.63, 3.8) is 0 Å². The van der Waals surface area contributed by atoms with Crippen molar-refractivity contribution in [1.29, 1.82) is 0 Å². The number of amides is 1. The van der Waals surface area contributed by atoms with E-state index in [1.54, 1.807) is 18.3 Å². The average molecular weight is 283 g/mol. The van der Waals surface area contributed by atoms with Crippen molar-refractivity contribution in [1.82, 2.24) is 4.98 Å². The largest absolute Gasteiger partial charge is 0.357 e. The van der Waals surface area contributed by atoms with Crippen LogP contribution in [-0.2, 0) is 0 Å². The van der Waals surface area contributed by atoms with Gasteiger partial charge in [0.25, 0.3) is 5.91 Å². The highest BCUT2D eigenvalue weighted by Gasteiger charge is 2.07. The summed E-state index contributed by atoms with van der Waals surface area (Å²) in [5.74, 6) is -0.624. The number of hydrogen-bond donors (Lipinski definition) is 2. The van der Waals surface area contributed by atoms with Gasteiger partial charge in [0.15, 0.2) is 0 Å². The second-order valence-corrected chi connectivity index (χ2v) is 4.02. The molecule has 0 atom stereocenters. The van der Waals surface area contributed by atoms with Gasteiger partial charge in [0.05, 0.1) is 4.47 Å². The summed E-state index contributed by atoms with van der Waals surface area (Å²) in [5.41, 5.74) is 0.994. The zero-order chi connectivity index (χ0) is 11.5. The molecule has 5 heteroatoms. The maximum Gasteiger partial charge on any atom is 0.272 e. The number of aromatic nitrogens is 1. The van der Waals surface area contributed by atoms with E-state index in [0.717, 1.165) is 0 Å². The van der Waals surface area contributed by atoms with Gasteiger partial charge in [-0.25, -0.2) is 4.39 Å². The molecule has 0 fully saturated rings. The zero-order valence-electron chi connectivity index (χ0n) is 8.13. The summed E-state index contributed by atoms with van der Waals surface area (Å²) in [4.78, 5) is 14.4. The van der Waals surface area contributed by atoms with Crippen molar-refractivity contribution in [3.05, 3.63) is 52.5 Å². The van der Waals surface area contributed by atoms with Gasteiger partial charge >= 0.3 is 0 Å². The molecule has 16 heavy (non-hydrogen) atoms. The van der Waals surface area contributed by atoms with Crippen LogP contribution in [0.2, 0.25) is 0 Å². The number of H-pyrrole nitrogens is 1. The van der Waals surface area contributed by atoms with E-state index >= 15 is 0 Å². The predicted octanol–water partition coefficient (Wildman–Crippen LogP) is 3.17. The molecule has 1 aromatic carbocycles. The fourth-order valence-electron chi connectivity index (χ4n) is 1.24. The summed E-state index contributed by atoms with van der Waals surface area (Å²) >= 11 is 3.05. The van der Waals surface area contributed by atoms with Crippen LogP contribution >= 0.6 is 15.9 Å². The summed E-state index contributed by atoms with van der Waals surface area (Å²) in [6, 6.07) is 7.69. The molecule has 2 N–H and O–H groups in total. The van der Waals surface area contributed by atoms with E-state index in [1.165, 1.54) is 18.2 Å². The van der Waals surface area contributed by atoms with E-state index in [-0.39, 0.29) is 11.7 Å². The Balaban J connectivity index is 2.15. The van der Waals surface area contributed by atoms with Crippen LogP contribution in [-0.4, -0.2) is 10.9 Å². The molecular formula is C11H8BrFN2O. The van der Waals surface area contributed by atoms with E-state index in [0.29, 0.717) is 15.9 Å². The van der Waals surface area contributed by atoms with Gasteiger partial charge in [-0.05, 0) is 46.3 Å². The number of halogens is 2. The Morgan fingerprint density at radius 1 is 1.38 bits per heavy atom. The monoisotopic (exact) mass is 282 g/mol. The molecule has 2 rings (SSSR count). The van der Waals surface area contributed by atoms with Crippen LogP contribution in [0.1, 0.15) is 10.5 Å². The highest BCUT2D eigenvalue weighted by atomic mass is 79.9. The number of aromatic amines is 1. The van der Waals surface area contributed by atoms with Gasteiger partial charge in [-0.15, -0.1) is 0 Å². The Morgan fingerprint density at radius 3 is 2.81 bits per heavy atom. The summed E-state index contributed by atoms with van der Waals surface area (Å²) < 4.78 is 13.3. The van der Waals surface area contributed by atoms with Gasteiger partial charge in [-0.1, -0.05) is 0 Å². The highest BCUT2D eigenvalue weighted by Crippen LogP contribution is 2.20. The lowest BCUT2D eigenvalue weighted by Crippen LogP contribution is -2.12. The van der Waals surface area contributed by atoms with Crippen molar-refractivity contribution in [3.8, 4) is 0 Å². The summed E-state index contributed by atoms with van der Waals surface area (Å²) in [6.45, 7) is 0. The van der Waals surface area contributed by atoms with Crippen LogP contribution in [0, 0.1) is 5.82 Å². The predicted molar refractivity (Wildman–Crippen MR) is 62.8 cm³/mol. The second kappa shape index (κ2) is 4.49. The summed E-state index contributed by atoms with van der Waals surface area (Å²) in [7, 11) is 0. The van der Waals surface area contributed by atoms with Gasteiger partial charge in [-0.3, -0.25) is 4.79 Å². The fourth-order valence-corrected chi connectivity index (χ4v) is 1.62. The van der Waals surface area contributed by atoms with Crippen molar-refractivity contribution in [2.24, 2.45) is 0 Å². The van der Waals surface area contributed by atoms with Crippen LogP contribution in [0.5, 0.6) is 0 Å². The van der Waals surface area contributed by atoms with Crippen LogP contribution < -0.4 is 5.32 Å². The van der Waals surface area contributed by atoms with Crippen molar-refractivity contribution < 1.29 is 9.18 Å². The molecule has 0 saturated heterocycles. The molecule has 1 heterocycles. The molecule has 1 amide bonds. The molecule has 0 spiro atoms. The van der Waals surface area contributed by atoms with Crippen LogP contribution in [0.3, 0.4) is 0 Å². The number of rotatable bonds is 2. The summed E-state index contributed by atoms with van der Waals surface area (Å²) in [6.07, 6.45) is 1.66.